The Morgan fingerprint density at radius 1 is 1.56 bits per heavy atom. The fourth-order valence-electron chi connectivity index (χ4n) is 1.53. The van der Waals surface area contributed by atoms with E-state index in [0.717, 1.165) is 0 Å². The zero-order chi connectivity index (χ0) is 11.4. The van der Waals surface area contributed by atoms with Gasteiger partial charge in [-0.3, -0.25) is 0 Å². The Morgan fingerprint density at radius 3 is 3.00 bits per heavy atom. The van der Waals surface area contributed by atoms with Crippen molar-refractivity contribution in [2.24, 2.45) is 10.9 Å². The van der Waals surface area contributed by atoms with Crippen LogP contribution in [0.5, 0.6) is 0 Å². The van der Waals surface area contributed by atoms with Crippen LogP contribution in [0.4, 0.5) is 5.95 Å². The van der Waals surface area contributed by atoms with Crippen LogP contribution < -0.4 is 10.6 Å². The maximum absolute atomic E-state index is 8.58. The number of ether oxygens (including phenoxy) is 1. The summed E-state index contributed by atoms with van der Waals surface area (Å²) in [5.74, 6) is 0.696. The maximum Gasteiger partial charge on any atom is 0.225 e. The van der Waals surface area contributed by atoms with Crippen LogP contribution in [-0.2, 0) is 4.74 Å². The van der Waals surface area contributed by atoms with Crippen molar-refractivity contribution in [2.75, 3.05) is 24.6 Å². The van der Waals surface area contributed by atoms with E-state index < -0.39 is 6.10 Å². The van der Waals surface area contributed by atoms with Crippen LogP contribution in [0.1, 0.15) is 0 Å². The molecule has 0 radical (unpaired) electrons. The summed E-state index contributed by atoms with van der Waals surface area (Å²) in [6.07, 6.45) is 2.94. The van der Waals surface area contributed by atoms with Crippen LogP contribution in [0.3, 0.4) is 0 Å². The molecule has 0 aromatic carbocycles. The molecule has 0 amide bonds. The van der Waals surface area contributed by atoms with E-state index in [2.05, 4.69) is 15.1 Å². The summed E-state index contributed by atoms with van der Waals surface area (Å²) < 4.78 is 5.37. The Bertz CT molecular complexity index is 369. The van der Waals surface area contributed by atoms with Crippen molar-refractivity contribution in [3.63, 3.8) is 0 Å². The van der Waals surface area contributed by atoms with E-state index in [1.165, 1.54) is 0 Å². The SMILES string of the molecule is NC(=NO)C1CN(c2ncccn2)CCO1. The Morgan fingerprint density at radius 2 is 2.31 bits per heavy atom. The molecule has 86 valence electrons. The predicted molar refractivity (Wildman–Crippen MR) is 57.4 cm³/mol. The van der Waals surface area contributed by atoms with E-state index in [4.69, 9.17) is 15.7 Å². The second-order valence-corrected chi connectivity index (χ2v) is 3.38. The lowest BCUT2D eigenvalue weighted by Gasteiger charge is -2.31. The smallest absolute Gasteiger partial charge is 0.225 e. The highest BCUT2D eigenvalue weighted by atomic mass is 16.5. The van der Waals surface area contributed by atoms with Crippen LogP contribution in [0.25, 0.3) is 0 Å². The van der Waals surface area contributed by atoms with Crippen molar-refractivity contribution in [1.82, 2.24) is 9.97 Å². The first-order chi connectivity index (χ1) is 7.81. The molecule has 1 fully saturated rings. The first-order valence-corrected chi connectivity index (χ1v) is 4.92. The molecule has 1 aromatic heterocycles. The zero-order valence-corrected chi connectivity index (χ0v) is 8.65. The average molecular weight is 223 g/mol. The van der Waals surface area contributed by atoms with Gasteiger partial charge in [0.05, 0.1) is 13.2 Å². The summed E-state index contributed by atoms with van der Waals surface area (Å²) in [4.78, 5) is 10.2. The molecule has 1 aromatic rings. The van der Waals surface area contributed by atoms with Gasteiger partial charge in [-0.25, -0.2) is 9.97 Å². The molecule has 0 aliphatic carbocycles. The molecule has 0 spiro atoms. The minimum atomic E-state index is -0.414. The molecule has 0 bridgehead atoms. The fourth-order valence-corrected chi connectivity index (χ4v) is 1.53. The number of oxime groups is 1. The molecule has 2 rings (SSSR count). The first kappa shape index (κ1) is 10.6. The number of anilines is 1. The Hall–Kier alpha value is -1.89. The van der Waals surface area contributed by atoms with Crippen molar-refractivity contribution in [1.29, 1.82) is 0 Å². The van der Waals surface area contributed by atoms with Gasteiger partial charge in [0.25, 0.3) is 0 Å². The van der Waals surface area contributed by atoms with E-state index in [1.54, 1.807) is 18.5 Å². The second kappa shape index (κ2) is 4.75. The van der Waals surface area contributed by atoms with Gasteiger partial charge in [0, 0.05) is 18.9 Å². The third-order valence-electron chi connectivity index (χ3n) is 2.35. The average Bonchev–Trinajstić information content (AvgIpc) is 2.39. The highest BCUT2D eigenvalue weighted by Crippen LogP contribution is 2.11. The molecular weight excluding hydrogens is 210 g/mol. The molecule has 1 unspecified atom stereocenters. The summed E-state index contributed by atoms with van der Waals surface area (Å²) in [5.41, 5.74) is 5.50. The first-order valence-electron chi connectivity index (χ1n) is 4.92. The van der Waals surface area contributed by atoms with Crippen LogP contribution in [0.15, 0.2) is 23.6 Å². The van der Waals surface area contributed by atoms with Gasteiger partial charge in [-0.1, -0.05) is 5.16 Å². The minimum Gasteiger partial charge on any atom is -0.409 e. The maximum atomic E-state index is 8.58. The van der Waals surface area contributed by atoms with Gasteiger partial charge >= 0.3 is 0 Å². The predicted octanol–water partition coefficient (Wildman–Crippen LogP) is -0.572. The lowest BCUT2D eigenvalue weighted by molar-refractivity contribution is 0.0800. The van der Waals surface area contributed by atoms with Crippen molar-refractivity contribution in [3.8, 4) is 0 Å². The van der Waals surface area contributed by atoms with Gasteiger partial charge in [-0.05, 0) is 6.07 Å². The largest absolute Gasteiger partial charge is 0.409 e. The van der Waals surface area contributed by atoms with E-state index in [-0.39, 0.29) is 5.84 Å². The van der Waals surface area contributed by atoms with E-state index in [0.29, 0.717) is 25.6 Å². The molecule has 16 heavy (non-hydrogen) atoms. The zero-order valence-electron chi connectivity index (χ0n) is 8.65. The lowest BCUT2D eigenvalue weighted by Crippen LogP contribution is -2.49. The molecular formula is C9H13N5O2. The van der Waals surface area contributed by atoms with Crippen LogP contribution in [-0.4, -0.2) is 46.8 Å². The Kier molecular flexibility index (Phi) is 3.16. The van der Waals surface area contributed by atoms with Gasteiger partial charge in [0.1, 0.15) is 6.10 Å². The summed E-state index contributed by atoms with van der Waals surface area (Å²) in [5, 5.41) is 11.5. The van der Waals surface area contributed by atoms with Gasteiger partial charge in [0.2, 0.25) is 5.95 Å². The van der Waals surface area contributed by atoms with Crippen LogP contribution >= 0.6 is 0 Å². The third-order valence-corrected chi connectivity index (χ3v) is 2.35. The van der Waals surface area contributed by atoms with E-state index in [9.17, 15) is 0 Å². The molecule has 2 heterocycles. The molecule has 7 heteroatoms. The van der Waals surface area contributed by atoms with Gasteiger partial charge < -0.3 is 20.6 Å². The fraction of sp³-hybridized carbons (Fsp3) is 0.444. The molecule has 1 aliphatic rings. The standard InChI is InChI=1S/C9H13N5O2/c10-8(13-15)7-6-14(4-5-16-7)9-11-2-1-3-12-9/h1-3,7,15H,4-6H2,(H2,10,13). The number of morpholine rings is 1. The topological polar surface area (TPSA) is 96.9 Å². The highest BCUT2D eigenvalue weighted by Gasteiger charge is 2.25. The van der Waals surface area contributed by atoms with Gasteiger partial charge in [0.15, 0.2) is 5.84 Å². The number of amidine groups is 1. The number of nitrogens with two attached hydrogens (primary N) is 1. The van der Waals surface area contributed by atoms with Crippen LogP contribution in [0, 0.1) is 0 Å². The Labute approximate surface area is 92.5 Å². The third kappa shape index (κ3) is 2.19. The summed E-state index contributed by atoms with van der Waals surface area (Å²) in [7, 11) is 0. The normalized spacial score (nSPS) is 22.1. The summed E-state index contributed by atoms with van der Waals surface area (Å²) >= 11 is 0. The molecule has 3 N–H and O–H groups in total. The Balaban J connectivity index is 2.08. The van der Waals surface area contributed by atoms with Crippen molar-refractivity contribution in [3.05, 3.63) is 18.5 Å². The molecule has 1 aliphatic heterocycles. The minimum absolute atomic E-state index is 0.0700. The molecule has 1 saturated heterocycles. The lowest BCUT2D eigenvalue weighted by atomic mass is 10.2. The number of nitrogens with zero attached hydrogens (tertiary/aromatic N) is 4. The van der Waals surface area contributed by atoms with E-state index >= 15 is 0 Å². The number of hydrogen-bond acceptors (Lipinski definition) is 6. The van der Waals surface area contributed by atoms with Crippen molar-refractivity contribution in [2.45, 2.75) is 6.10 Å². The summed E-state index contributed by atoms with van der Waals surface area (Å²) in [6, 6.07) is 1.75. The quantitative estimate of drug-likeness (QED) is 0.301. The molecule has 0 saturated carbocycles. The number of aromatic nitrogens is 2. The van der Waals surface area contributed by atoms with Gasteiger partial charge in [-0.2, -0.15) is 0 Å². The second-order valence-electron chi connectivity index (χ2n) is 3.38. The van der Waals surface area contributed by atoms with Gasteiger partial charge in [-0.15, -0.1) is 0 Å². The van der Waals surface area contributed by atoms with E-state index in [1.807, 2.05) is 4.90 Å². The van der Waals surface area contributed by atoms with Crippen molar-refractivity contribution >= 4 is 11.8 Å². The molecule has 1 atom stereocenters. The summed E-state index contributed by atoms with van der Waals surface area (Å²) in [6.45, 7) is 1.68. The number of rotatable bonds is 2. The number of hydrogen-bond donors (Lipinski definition) is 2. The monoisotopic (exact) mass is 223 g/mol. The molecule has 7 nitrogen and oxygen atoms in total. The van der Waals surface area contributed by atoms with Crippen molar-refractivity contribution < 1.29 is 9.94 Å². The van der Waals surface area contributed by atoms with Crippen LogP contribution in [0.2, 0.25) is 0 Å². The highest BCUT2D eigenvalue weighted by molar-refractivity contribution is 5.85.